The first-order valence-corrected chi connectivity index (χ1v) is 6.84. The van der Waals surface area contributed by atoms with Gasteiger partial charge in [0.1, 0.15) is 0 Å². The minimum absolute atomic E-state index is 0.00526. The fourth-order valence-corrected chi connectivity index (χ4v) is 2.25. The quantitative estimate of drug-likeness (QED) is 0.841. The van der Waals surface area contributed by atoms with Crippen LogP contribution in [0, 0.1) is 0 Å². The SMILES string of the molecule is CC(=O)c1cccc(NC(=O)N2CCN(C)C(C)C2)c1. The van der Waals surface area contributed by atoms with Crippen molar-refractivity contribution in [1.29, 1.82) is 0 Å². The lowest BCUT2D eigenvalue weighted by Gasteiger charge is -2.37. The van der Waals surface area contributed by atoms with Crippen LogP contribution in [0.1, 0.15) is 24.2 Å². The van der Waals surface area contributed by atoms with Gasteiger partial charge >= 0.3 is 6.03 Å². The summed E-state index contributed by atoms with van der Waals surface area (Å²) in [6.07, 6.45) is 0. The minimum Gasteiger partial charge on any atom is -0.322 e. The van der Waals surface area contributed by atoms with Gasteiger partial charge in [0.25, 0.3) is 0 Å². The summed E-state index contributed by atoms with van der Waals surface area (Å²) >= 11 is 0. The zero-order valence-electron chi connectivity index (χ0n) is 12.2. The predicted molar refractivity (Wildman–Crippen MR) is 79.1 cm³/mol. The van der Waals surface area contributed by atoms with Crippen LogP contribution in [0.15, 0.2) is 24.3 Å². The van der Waals surface area contributed by atoms with Crippen molar-refractivity contribution >= 4 is 17.5 Å². The average Bonchev–Trinajstić information content (AvgIpc) is 2.42. The first kappa shape index (κ1) is 14.5. The highest BCUT2D eigenvalue weighted by Gasteiger charge is 2.24. The number of hydrogen-bond acceptors (Lipinski definition) is 3. The van der Waals surface area contributed by atoms with Gasteiger partial charge in [0, 0.05) is 36.9 Å². The molecule has 1 fully saturated rings. The molecule has 0 aliphatic carbocycles. The lowest BCUT2D eigenvalue weighted by Crippen LogP contribution is -2.53. The standard InChI is InChI=1S/C15H21N3O2/c1-11-10-18(8-7-17(11)3)15(20)16-14-6-4-5-13(9-14)12(2)19/h4-6,9,11H,7-8,10H2,1-3H3,(H,16,20). The Balaban J connectivity index is 2.01. The van der Waals surface area contributed by atoms with Crippen LogP contribution in [0.3, 0.4) is 0 Å². The molecule has 1 N–H and O–H groups in total. The average molecular weight is 275 g/mol. The van der Waals surface area contributed by atoms with Crippen molar-refractivity contribution in [2.75, 3.05) is 32.0 Å². The number of carbonyl (C=O) groups is 2. The Morgan fingerprint density at radius 3 is 2.70 bits per heavy atom. The fraction of sp³-hybridized carbons (Fsp3) is 0.467. The highest BCUT2D eigenvalue weighted by molar-refractivity contribution is 5.96. The van der Waals surface area contributed by atoms with Gasteiger partial charge in [-0.15, -0.1) is 0 Å². The van der Waals surface area contributed by atoms with Crippen molar-refractivity contribution in [2.45, 2.75) is 19.9 Å². The molecule has 1 heterocycles. The molecule has 1 aliphatic rings. The van der Waals surface area contributed by atoms with Gasteiger partial charge in [0.05, 0.1) is 0 Å². The Morgan fingerprint density at radius 2 is 2.05 bits per heavy atom. The van der Waals surface area contributed by atoms with E-state index in [9.17, 15) is 9.59 Å². The molecule has 20 heavy (non-hydrogen) atoms. The zero-order chi connectivity index (χ0) is 14.7. The summed E-state index contributed by atoms with van der Waals surface area (Å²) in [4.78, 5) is 27.6. The van der Waals surface area contributed by atoms with Crippen molar-refractivity contribution in [3.8, 4) is 0 Å². The monoisotopic (exact) mass is 275 g/mol. The van der Waals surface area contributed by atoms with Crippen LogP contribution in [0.2, 0.25) is 0 Å². The Bertz CT molecular complexity index is 516. The maximum absolute atomic E-state index is 12.2. The summed E-state index contributed by atoms with van der Waals surface area (Å²) in [6.45, 7) is 5.94. The van der Waals surface area contributed by atoms with E-state index in [2.05, 4.69) is 24.2 Å². The van der Waals surface area contributed by atoms with Crippen molar-refractivity contribution in [3.63, 3.8) is 0 Å². The topological polar surface area (TPSA) is 52.7 Å². The van der Waals surface area contributed by atoms with Crippen LogP contribution in [0.5, 0.6) is 0 Å². The Morgan fingerprint density at radius 1 is 1.30 bits per heavy atom. The number of benzene rings is 1. The second kappa shape index (κ2) is 6.05. The van der Waals surface area contributed by atoms with E-state index in [1.54, 1.807) is 24.3 Å². The number of nitrogens with one attached hydrogen (secondary N) is 1. The Labute approximate surface area is 119 Å². The van der Waals surface area contributed by atoms with Gasteiger partial charge in [0.2, 0.25) is 0 Å². The normalized spacial score (nSPS) is 19.8. The number of likely N-dealkylation sites (N-methyl/N-ethyl adjacent to an activating group) is 1. The molecule has 2 rings (SSSR count). The van der Waals surface area contributed by atoms with Gasteiger partial charge in [-0.2, -0.15) is 0 Å². The van der Waals surface area contributed by atoms with Crippen LogP contribution in [-0.4, -0.2) is 54.3 Å². The predicted octanol–water partition coefficient (Wildman–Crippen LogP) is 2.06. The molecule has 1 aliphatic heterocycles. The van der Waals surface area contributed by atoms with E-state index >= 15 is 0 Å². The largest absolute Gasteiger partial charge is 0.322 e. The molecule has 0 saturated carbocycles. The second-order valence-electron chi connectivity index (χ2n) is 5.34. The molecule has 0 aromatic heterocycles. The van der Waals surface area contributed by atoms with Crippen LogP contribution in [0.25, 0.3) is 0 Å². The van der Waals surface area contributed by atoms with Crippen LogP contribution >= 0.6 is 0 Å². The van der Waals surface area contributed by atoms with E-state index in [1.165, 1.54) is 6.92 Å². The van der Waals surface area contributed by atoms with Gasteiger partial charge in [0.15, 0.2) is 5.78 Å². The van der Waals surface area contributed by atoms with E-state index in [0.29, 0.717) is 23.8 Å². The summed E-state index contributed by atoms with van der Waals surface area (Å²) in [5.41, 5.74) is 1.27. The molecule has 0 spiro atoms. The number of ketones is 1. The first-order valence-electron chi connectivity index (χ1n) is 6.84. The third-order valence-corrected chi connectivity index (χ3v) is 3.77. The lowest BCUT2D eigenvalue weighted by atomic mass is 10.1. The van der Waals surface area contributed by atoms with Gasteiger partial charge in [-0.1, -0.05) is 12.1 Å². The Kier molecular flexibility index (Phi) is 4.39. The molecule has 0 bridgehead atoms. The zero-order valence-corrected chi connectivity index (χ0v) is 12.2. The number of nitrogens with zero attached hydrogens (tertiary/aromatic N) is 2. The van der Waals surface area contributed by atoms with Crippen molar-refractivity contribution < 1.29 is 9.59 Å². The fourth-order valence-electron chi connectivity index (χ4n) is 2.25. The summed E-state index contributed by atoms with van der Waals surface area (Å²) in [5, 5.41) is 2.86. The van der Waals surface area contributed by atoms with Crippen LogP contribution in [-0.2, 0) is 0 Å². The van der Waals surface area contributed by atoms with Crippen molar-refractivity contribution in [1.82, 2.24) is 9.80 Å². The molecular formula is C15H21N3O2. The number of carbonyl (C=O) groups excluding carboxylic acids is 2. The molecule has 2 amide bonds. The first-order chi connectivity index (χ1) is 9.47. The number of anilines is 1. The third kappa shape index (κ3) is 3.36. The van der Waals surface area contributed by atoms with Crippen LogP contribution < -0.4 is 5.32 Å². The lowest BCUT2D eigenvalue weighted by molar-refractivity contribution is 0.101. The summed E-state index contributed by atoms with van der Waals surface area (Å²) in [7, 11) is 2.07. The second-order valence-corrected chi connectivity index (χ2v) is 5.34. The number of Topliss-reactive ketones (excluding diaryl/α,β-unsaturated/α-hetero) is 1. The maximum Gasteiger partial charge on any atom is 0.321 e. The summed E-state index contributed by atoms with van der Waals surface area (Å²) < 4.78 is 0. The molecule has 1 saturated heterocycles. The molecular weight excluding hydrogens is 254 g/mol. The van der Waals surface area contributed by atoms with Gasteiger partial charge in [-0.3, -0.25) is 4.79 Å². The van der Waals surface area contributed by atoms with Gasteiger partial charge in [-0.25, -0.2) is 4.79 Å². The number of piperazine rings is 1. The molecule has 1 aromatic rings. The van der Waals surface area contributed by atoms with E-state index in [1.807, 2.05) is 4.90 Å². The van der Waals surface area contributed by atoms with E-state index in [4.69, 9.17) is 0 Å². The van der Waals surface area contributed by atoms with Crippen LogP contribution in [0.4, 0.5) is 10.5 Å². The number of rotatable bonds is 2. The van der Waals surface area contributed by atoms with Gasteiger partial charge < -0.3 is 15.1 Å². The molecule has 5 heteroatoms. The number of urea groups is 1. The third-order valence-electron chi connectivity index (χ3n) is 3.77. The molecule has 1 atom stereocenters. The highest BCUT2D eigenvalue weighted by Crippen LogP contribution is 2.13. The van der Waals surface area contributed by atoms with Crippen molar-refractivity contribution in [2.24, 2.45) is 0 Å². The molecule has 5 nitrogen and oxygen atoms in total. The van der Waals surface area contributed by atoms with E-state index in [-0.39, 0.29) is 11.8 Å². The summed E-state index contributed by atoms with van der Waals surface area (Å²) in [5.74, 6) is -0.00526. The van der Waals surface area contributed by atoms with Crippen molar-refractivity contribution in [3.05, 3.63) is 29.8 Å². The van der Waals surface area contributed by atoms with E-state index in [0.717, 1.165) is 13.1 Å². The van der Waals surface area contributed by atoms with E-state index < -0.39 is 0 Å². The number of hydrogen-bond donors (Lipinski definition) is 1. The van der Waals surface area contributed by atoms with Gasteiger partial charge in [-0.05, 0) is 33.0 Å². The minimum atomic E-state index is -0.106. The molecule has 1 unspecified atom stereocenters. The highest BCUT2D eigenvalue weighted by atomic mass is 16.2. The smallest absolute Gasteiger partial charge is 0.321 e. The number of amides is 2. The molecule has 108 valence electrons. The molecule has 1 aromatic carbocycles. The summed E-state index contributed by atoms with van der Waals surface area (Å²) in [6, 6.07) is 7.28. The Hall–Kier alpha value is -1.88. The molecule has 0 radical (unpaired) electrons. The maximum atomic E-state index is 12.2.